The summed E-state index contributed by atoms with van der Waals surface area (Å²) in [5.41, 5.74) is 1.06. The predicted molar refractivity (Wildman–Crippen MR) is 90.1 cm³/mol. The Bertz CT molecular complexity index is 592. The molecule has 1 aromatic heterocycles. The van der Waals surface area contributed by atoms with Crippen LogP contribution in [-0.2, 0) is 0 Å². The topological polar surface area (TPSA) is 34.1 Å². The summed E-state index contributed by atoms with van der Waals surface area (Å²) < 4.78 is 18.8. The SMILES string of the molecule is Cl.Cl.Fc1cccc(Oc2cccc(C3CCNCC3)n2)c1. The van der Waals surface area contributed by atoms with E-state index in [2.05, 4.69) is 10.3 Å². The summed E-state index contributed by atoms with van der Waals surface area (Å²) in [6, 6.07) is 11.9. The van der Waals surface area contributed by atoms with Gasteiger partial charge in [-0.3, -0.25) is 0 Å². The van der Waals surface area contributed by atoms with Crippen LogP contribution in [0.1, 0.15) is 24.5 Å². The molecule has 0 aliphatic carbocycles. The van der Waals surface area contributed by atoms with Crippen molar-refractivity contribution in [2.45, 2.75) is 18.8 Å². The molecule has 1 aliphatic heterocycles. The fraction of sp³-hybridized carbons (Fsp3) is 0.312. The molecule has 3 rings (SSSR count). The monoisotopic (exact) mass is 344 g/mol. The molecule has 0 unspecified atom stereocenters. The second kappa shape index (κ2) is 8.93. The van der Waals surface area contributed by atoms with Crippen LogP contribution >= 0.6 is 24.8 Å². The number of piperidine rings is 1. The molecule has 0 radical (unpaired) electrons. The fourth-order valence-corrected chi connectivity index (χ4v) is 2.48. The summed E-state index contributed by atoms with van der Waals surface area (Å²) in [7, 11) is 0. The maximum absolute atomic E-state index is 13.1. The van der Waals surface area contributed by atoms with Gasteiger partial charge in [0.05, 0.1) is 0 Å². The lowest BCUT2D eigenvalue weighted by Crippen LogP contribution is -2.27. The second-order valence-electron chi connectivity index (χ2n) is 4.98. The highest BCUT2D eigenvalue weighted by atomic mass is 35.5. The smallest absolute Gasteiger partial charge is 0.219 e. The van der Waals surface area contributed by atoms with Crippen molar-refractivity contribution in [3.8, 4) is 11.6 Å². The summed E-state index contributed by atoms with van der Waals surface area (Å²) >= 11 is 0. The third kappa shape index (κ3) is 4.83. The van der Waals surface area contributed by atoms with Gasteiger partial charge < -0.3 is 10.1 Å². The van der Waals surface area contributed by atoms with Crippen LogP contribution in [0.2, 0.25) is 0 Å². The van der Waals surface area contributed by atoms with Crippen molar-refractivity contribution in [2.75, 3.05) is 13.1 Å². The zero-order chi connectivity index (χ0) is 13.8. The highest BCUT2D eigenvalue weighted by molar-refractivity contribution is 5.85. The van der Waals surface area contributed by atoms with Gasteiger partial charge in [-0.25, -0.2) is 9.37 Å². The summed E-state index contributed by atoms with van der Waals surface area (Å²) in [6.45, 7) is 2.06. The Hall–Kier alpha value is -1.36. The van der Waals surface area contributed by atoms with Crippen LogP contribution in [0.4, 0.5) is 4.39 Å². The van der Waals surface area contributed by atoms with Crippen molar-refractivity contribution >= 4 is 24.8 Å². The highest BCUT2D eigenvalue weighted by Crippen LogP contribution is 2.26. The van der Waals surface area contributed by atoms with Crippen LogP contribution in [-0.4, -0.2) is 18.1 Å². The molecule has 1 fully saturated rings. The van der Waals surface area contributed by atoms with Gasteiger partial charge in [-0.15, -0.1) is 24.8 Å². The van der Waals surface area contributed by atoms with Gasteiger partial charge in [-0.2, -0.15) is 0 Å². The molecule has 0 amide bonds. The third-order valence-corrected chi connectivity index (χ3v) is 3.52. The third-order valence-electron chi connectivity index (χ3n) is 3.52. The van der Waals surface area contributed by atoms with Crippen molar-refractivity contribution in [1.29, 1.82) is 0 Å². The minimum Gasteiger partial charge on any atom is -0.439 e. The molecule has 1 saturated heterocycles. The normalized spacial score (nSPS) is 14.6. The van der Waals surface area contributed by atoms with Crippen LogP contribution in [0.25, 0.3) is 0 Å². The number of aromatic nitrogens is 1. The van der Waals surface area contributed by atoms with Crippen molar-refractivity contribution in [2.24, 2.45) is 0 Å². The lowest BCUT2D eigenvalue weighted by Gasteiger charge is -2.22. The Morgan fingerprint density at radius 1 is 1.05 bits per heavy atom. The molecule has 0 bridgehead atoms. The summed E-state index contributed by atoms with van der Waals surface area (Å²) in [4.78, 5) is 4.55. The Balaban J connectivity index is 0.00000121. The first-order chi connectivity index (χ1) is 9.81. The van der Waals surface area contributed by atoms with Gasteiger partial charge in [0.1, 0.15) is 11.6 Å². The molecule has 120 valence electrons. The number of benzene rings is 1. The first kappa shape index (κ1) is 18.7. The summed E-state index contributed by atoms with van der Waals surface area (Å²) in [5, 5.41) is 3.34. The molecule has 3 nitrogen and oxygen atoms in total. The number of pyridine rings is 1. The Kier molecular flexibility index (Phi) is 7.59. The quantitative estimate of drug-likeness (QED) is 0.899. The van der Waals surface area contributed by atoms with Crippen molar-refractivity contribution in [3.63, 3.8) is 0 Å². The maximum Gasteiger partial charge on any atom is 0.219 e. The Labute approximate surface area is 142 Å². The van der Waals surface area contributed by atoms with Gasteiger partial charge in [0.2, 0.25) is 5.88 Å². The van der Waals surface area contributed by atoms with Gasteiger partial charge in [0.15, 0.2) is 0 Å². The van der Waals surface area contributed by atoms with E-state index in [-0.39, 0.29) is 30.6 Å². The molecule has 0 spiro atoms. The number of ether oxygens (including phenoxy) is 1. The van der Waals surface area contributed by atoms with Crippen LogP contribution in [0, 0.1) is 5.82 Å². The van der Waals surface area contributed by atoms with Gasteiger partial charge in [-0.1, -0.05) is 12.1 Å². The Morgan fingerprint density at radius 2 is 1.77 bits per heavy atom. The molecule has 6 heteroatoms. The second-order valence-corrected chi connectivity index (χ2v) is 4.98. The number of nitrogens with one attached hydrogen (secondary N) is 1. The summed E-state index contributed by atoms with van der Waals surface area (Å²) in [5.74, 6) is 1.16. The van der Waals surface area contributed by atoms with E-state index in [9.17, 15) is 4.39 Å². The van der Waals surface area contributed by atoms with Crippen LogP contribution < -0.4 is 10.1 Å². The van der Waals surface area contributed by atoms with Crippen molar-refractivity contribution in [1.82, 2.24) is 10.3 Å². The van der Waals surface area contributed by atoms with Crippen molar-refractivity contribution < 1.29 is 9.13 Å². The van der Waals surface area contributed by atoms with E-state index in [1.807, 2.05) is 12.1 Å². The zero-order valence-corrected chi connectivity index (χ0v) is 13.6. The molecular weight excluding hydrogens is 326 g/mol. The van der Waals surface area contributed by atoms with Crippen LogP contribution in [0.3, 0.4) is 0 Å². The van der Waals surface area contributed by atoms with Gasteiger partial charge >= 0.3 is 0 Å². The molecule has 1 aliphatic rings. The lowest BCUT2D eigenvalue weighted by atomic mass is 9.94. The number of hydrogen-bond acceptors (Lipinski definition) is 3. The van der Waals surface area contributed by atoms with Gasteiger partial charge in [0, 0.05) is 23.7 Å². The average molecular weight is 345 g/mol. The molecular formula is C16H19Cl2FN2O. The summed E-state index contributed by atoms with van der Waals surface area (Å²) in [6.07, 6.45) is 2.19. The molecule has 22 heavy (non-hydrogen) atoms. The molecule has 1 aromatic carbocycles. The standard InChI is InChI=1S/C16H17FN2O.2ClH/c17-13-3-1-4-14(11-13)20-16-6-2-5-15(19-16)12-7-9-18-10-8-12;;/h1-6,11-12,18H,7-10H2;2*1H. The molecule has 2 aromatic rings. The average Bonchev–Trinajstić information content (AvgIpc) is 2.48. The lowest BCUT2D eigenvalue weighted by molar-refractivity contribution is 0.432. The maximum atomic E-state index is 13.1. The number of rotatable bonds is 3. The van der Waals surface area contributed by atoms with Crippen LogP contribution in [0.15, 0.2) is 42.5 Å². The van der Waals surface area contributed by atoms with Crippen molar-refractivity contribution in [3.05, 3.63) is 54.0 Å². The first-order valence-electron chi connectivity index (χ1n) is 6.92. The molecule has 1 N–H and O–H groups in total. The van der Waals surface area contributed by atoms with E-state index in [0.717, 1.165) is 31.6 Å². The van der Waals surface area contributed by atoms with Gasteiger partial charge in [0.25, 0.3) is 0 Å². The van der Waals surface area contributed by atoms with E-state index in [1.54, 1.807) is 18.2 Å². The van der Waals surface area contributed by atoms with E-state index < -0.39 is 0 Å². The Morgan fingerprint density at radius 3 is 2.50 bits per heavy atom. The largest absolute Gasteiger partial charge is 0.439 e. The van der Waals surface area contributed by atoms with E-state index >= 15 is 0 Å². The van der Waals surface area contributed by atoms with E-state index in [0.29, 0.717) is 17.5 Å². The number of halogens is 3. The van der Waals surface area contributed by atoms with Crippen LogP contribution in [0.5, 0.6) is 11.6 Å². The first-order valence-corrected chi connectivity index (χ1v) is 6.92. The minimum atomic E-state index is -0.308. The van der Waals surface area contributed by atoms with E-state index in [4.69, 9.17) is 4.74 Å². The zero-order valence-electron chi connectivity index (χ0n) is 12.0. The molecule has 0 saturated carbocycles. The fourth-order valence-electron chi connectivity index (χ4n) is 2.48. The number of hydrogen-bond donors (Lipinski definition) is 1. The predicted octanol–water partition coefficient (Wildman–Crippen LogP) is 4.32. The molecule has 0 atom stereocenters. The minimum absolute atomic E-state index is 0. The van der Waals surface area contributed by atoms with E-state index in [1.165, 1.54) is 12.1 Å². The number of nitrogens with zero attached hydrogens (tertiary/aromatic N) is 1. The van der Waals surface area contributed by atoms with Gasteiger partial charge in [-0.05, 0) is 44.1 Å². The highest BCUT2D eigenvalue weighted by Gasteiger charge is 2.16. The molecule has 2 heterocycles.